The first-order valence-electron chi connectivity index (χ1n) is 3.88. The summed E-state index contributed by atoms with van der Waals surface area (Å²) in [6, 6.07) is 9.54. The van der Waals surface area contributed by atoms with Gasteiger partial charge in [-0.25, -0.2) is 4.68 Å². The van der Waals surface area contributed by atoms with Crippen LogP contribution in [0.3, 0.4) is 0 Å². The molecule has 14 heavy (non-hydrogen) atoms. The largest absolute Gasteiger partial charge is 0.202 e. The molecule has 0 fully saturated rings. The molecule has 0 atom stereocenters. The van der Waals surface area contributed by atoms with E-state index in [9.17, 15) is 0 Å². The van der Waals surface area contributed by atoms with E-state index in [1.807, 2.05) is 30.3 Å². The van der Waals surface area contributed by atoms with Gasteiger partial charge in [-0.05, 0) is 28.1 Å². The summed E-state index contributed by atoms with van der Waals surface area (Å²) < 4.78 is 2.37. The zero-order valence-corrected chi connectivity index (χ0v) is 8.64. The van der Waals surface area contributed by atoms with Crippen LogP contribution in [0.4, 0.5) is 0 Å². The Morgan fingerprint density at radius 3 is 2.86 bits per heavy atom. The van der Waals surface area contributed by atoms with Crippen LogP contribution in [0.2, 0.25) is 0 Å². The molecule has 0 aliphatic rings. The van der Waals surface area contributed by atoms with Gasteiger partial charge in [-0.2, -0.15) is 5.26 Å². The predicted molar refractivity (Wildman–Crippen MR) is 53.8 cm³/mol. The van der Waals surface area contributed by atoms with Crippen molar-refractivity contribution in [3.63, 3.8) is 0 Å². The Kier molecular flexibility index (Phi) is 2.29. The lowest BCUT2D eigenvalue weighted by atomic mass is 10.3. The lowest BCUT2D eigenvalue weighted by Gasteiger charge is -2.02. The van der Waals surface area contributed by atoms with Crippen LogP contribution in [0, 0.1) is 11.3 Å². The molecule has 0 saturated carbocycles. The van der Waals surface area contributed by atoms with E-state index in [-0.39, 0.29) is 0 Å². The molecule has 0 radical (unpaired) electrons. The number of benzene rings is 1. The summed E-state index contributed by atoms with van der Waals surface area (Å²) in [5, 5.41) is 16.3. The molecule has 0 N–H and O–H groups in total. The van der Waals surface area contributed by atoms with Crippen LogP contribution in [0.25, 0.3) is 5.69 Å². The molecule has 1 aromatic heterocycles. The maximum absolute atomic E-state index is 8.79. The van der Waals surface area contributed by atoms with E-state index < -0.39 is 0 Å². The van der Waals surface area contributed by atoms with Crippen molar-refractivity contribution in [1.82, 2.24) is 15.0 Å². The summed E-state index contributed by atoms with van der Waals surface area (Å²) in [6.45, 7) is 0. The second kappa shape index (κ2) is 3.60. The molecule has 0 amide bonds. The topological polar surface area (TPSA) is 54.5 Å². The molecule has 0 bridgehead atoms. The standard InChI is InChI=1S/C9H5BrN4/c10-8-3-1-2-4-9(8)14-7(5-11)6-12-13-14/h1-4,6H. The second-order valence-corrected chi connectivity index (χ2v) is 3.45. The summed E-state index contributed by atoms with van der Waals surface area (Å²) in [7, 11) is 0. The van der Waals surface area contributed by atoms with Crippen molar-refractivity contribution in [2.45, 2.75) is 0 Å². The molecule has 0 spiro atoms. The minimum atomic E-state index is 0.414. The van der Waals surface area contributed by atoms with Crippen molar-refractivity contribution in [3.05, 3.63) is 40.6 Å². The van der Waals surface area contributed by atoms with Crippen molar-refractivity contribution >= 4 is 15.9 Å². The number of rotatable bonds is 1. The fourth-order valence-corrected chi connectivity index (χ4v) is 1.57. The van der Waals surface area contributed by atoms with Gasteiger partial charge in [0, 0.05) is 4.47 Å². The smallest absolute Gasteiger partial charge is 0.164 e. The molecule has 1 heterocycles. The van der Waals surface area contributed by atoms with Gasteiger partial charge >= 0.3 is 0 Å². The monoisotopic (exact) mass is 248 g/mol. The average Bonchev–Trinajstić information content (AvgIpc) is 2.66. The van der Waals surface area contributed by atoms with E-state index in [1.54, 1.807) is 0 Å². The van der Waals surface area contributed by atoms with E-state index >= 15 is 0 Å². The van der Waals surface area contributed by atoms with Gasteiger partial charge in [-0.15, -0.1) is 5.10 Å². The first-order valence-corrected chi connectivity index (χ1v) is 4.68. The number of hydrogen-bond acceptors (Lipinski definition) is 3. The normalized spacial score (nSPS) is 9.71. The van der Waals surface area contributed by atoms with Crippen LogP contribution in [0.1, 0.15) is 5.69 Å². The van der Waals surface area contributed by atoms with Crippen LogP contribution >= 0.6 is 15.9 Å². The van der Waals surface area contributed by atoms with E-state index in [0.29, 0.717) is 5.69 Å². The maximum Gasteiger partial charge on any atom is 0.164 e. The lowest BCUT2D eigenvalue weighted by Crippen LogP contribution is -2.00. The molecule has 4 nitrogen and oxygen atoms in total. The van der Waals surface area contributed by atoms with Gasteiger partial charge in [0.05, 0.1) is 11.9 Å². The Hall–Kier alpha value is -1.67. The second-order valence-electron chi connectivity index (χ2n) is 2.59. The van der Waals surface area contributed by atoms with Gasteiger partial charge in [0.25, 0.3) is 0 Å². The minimum Gasteiger partial charge on any atom is -0.202 e. The van der Waals surface area contributed by atoms with Crippen LogP contribution < -0.4 is 0 Å². The van der Waals surface area contributed by atoms with Gasteiger partial charge in [0.1, 0.15) is 6.07 Å². The SMILES string of the molecule is N#Cc1cnnn1-c1ccccc1Br. The van der Waals surface area contributed by atoms with Crippen molar-refractivity contribution in [2.24, 2.45) is 0 Å². The van der Waals surface area contributed by atoms with Crippen molar-refractivity contribution in [1.29, 1.82) is 5.26 Å². The molecule has 1 aromatic carbocycles. The number of nitriles is 1. The molecule has 5 heteroatoms. The van der Waals surface area contributed by atoms with E-state index in [0.717, 1.165) is 10.2 Å². The van der Waals surface area contributed by atoms with Crippen molar-refractivity contribution < 1.29 is 0 Å². The van der Waals surface area contributed by atoms with Crippen molar-refractivity contribution in [3.8, 4) is 11.8 Å². The third-order valence-corrected chi connectivity index (χ3v) is 2.42. The van der Waals surface area contributed by atoms with Gasteiger partial charge in [0.15, 0.2) is 5.69 Å². The minimum absolute atomic E-state index is 0.414. The third-order valence-electron chi connectivity index (χ3n) is 1.74. The Labute approximate surface area is 88.9 Å². The molecular formula is C9H5BrN4. The van der Waals surface area contributed by atoms with E-state index in [4.69, 9.17) is 5.26 Å². The number of para-hydroxylation sites is 1. The Morgan fingerprint density at radius 1 is 1.36 bits per heavy atom. The summed E-state index contributed by atoms with van der Waals surface area (Å²) in [5.41, 5.74) is 1.22. The zero-order valence-electron chi connectivity index (χ0n) is 7.05. The highest BCUT2D eigenvalue weighted by molar-refractivity contribution is 9.10. The summed E-state index contributed by atoms with van der Waals surface area (Å²) >= 11 is 3.38. The van der Waals surface area contributed by atoms with Gasteiger partial charge in [0.2, 0.25) is 0 Å². The quantitative estimate of drug-likeness (QED) is 0.775. The van der Waals surface area contributed by atoms with Gasteiger partial charge in [-0.1, -0.05) is 17.3 Å². The average molecular weight is 249 g/mol. The Bertz CT molecular complexity index is 498. The van der Waals surface area contributed by atoms with Gasteiger partial charge < -0.3 is 0 Å². The first-order chi connectivity index (χ1) is 6.83. The summed E-state index contributed by atoms with van der Waals surface area (Å²) in [4.78, 5) is 0. The van der Waals surface area contributed by atoms with Gasteiger partial charge in [-0.3, -0.25) is 0 Å². The van der Waals surface area contributed by atoms with E-state index in [2.05, 4.69) is 26.2 Å². The summed E-state index contributed by atoms with van der Waals surface area (Å²) in [6.07, 6.45) is 1.43. The molecule has 0 saturated heterocycles. The number of nitrogens with zero attached hydrogens (tertiary/aromatic N) is 4. The number of aromatic nitrogens is 3. The van der Waals surface area contributed by atoms with Crippen LogP contribution in [0.15, 0.2) is 34.9 Å². The summed E-state index contributed by atoms with van der Waals surface area (Å²) in [5.74, 6) is 0. The Morgan fingerprint density at radius 2 is 2.14 bits per heavy atom. The molecule has 0 unspecified atom stereocenters. The molecule has 0 aliphatic heterocycles. The fourth-order valence-electron chi connectivity index (χ4n) is 1.11. The molecular weight excluding hydrogens is 244 g/mol. The molecule has 68 valence electrons. The molecule has 0 aliphatic carbocycles. The van der Waals surface area contributed by atoms with Crippen LogP contribution in [-0.4, -0.2) is 15.0 Å². The molecule has 2 rings (SSSR count). The highest BCUT2D eigenvalue weighted by Gasteiger charge is 2.07. The van der Waals surface area contributed by atoms with Crippen LogP contribution in [0.5, 0.6) is 0 Å². The molecule has 2 aromatic rings. The maximum atomic E-state index is 8.79. The highest BCUT2D eigenvalue weighted by Crippen LogP contribution is 2.20. The van der Waals surface area contributed by atoms with E-state index in [1.165, 1.54) is 10.9 Å². The first kappa shape index (κ1) is 8.91. The highest BCUT2D eigenvalue weighted by atomic mass is 79.9. The number of halogens is 1. The fraction of sp³-hybridized carbons (Fsp3) is 0. The Balaban J connectivity index is 2.62. The van der Waals surface area contributed by atoms with Crippen molar-refractivity contribution in [2.75, 3.05) is 0 Å². The zero-order chi connectivity index (χ0) is 9.97. The third kappa shape index (κ3) is 1.40. The number of hydrogen-bond donors (Lipinski definition) is 0. The predicted octanol–water partition coefficient (Wildman–Crippen LogP) is 1.90. The lowest BCUT2D eigenvalue weighted by molar-refractivity contribution is 0.793. The van der Waals surface area contributed by atoms with Crippen LogP contribution in [-0.2, 0) is 0 Å².